The van der Waals surface area contributed by atoms with Crippen molar-refractivity contribution in [3.05, 3.63) is 0 Å². The molecule has 16 heavy (non-hydrogen) atoms. The van der Waals surface area contributed by atoms with Gasteiger partial charge in [-0.25, -0.2) is 0 Å². The van der Waals surface area contributed by atoms with E-state index in [0.29, 0.717) is 0 Å². The van der Waals surface area contributed by atoms with Gasteiger partial charge in [-0.3, -0.25) is 0 Å². The summed E-state index contributed by atoms with van der Waals surface area (Å²) >= 11 is 0. The zero-order chi connectivity index (χ0) is 13.7. The molecule has 3 atom stereocenters. The molecular formula is C16H38. The third-order valence-electron chi connectivity index (χ3n) is 3.28. The third kappa shape index (κ3) is 12.1. The van der Waals surface area contributed by atoms with E-state index in [-0.39, 0.29) is 0 Å². The van der Waals surface area contributed by atoms with E-state index in [1.807, 2.05) is 27.7 Å². The van der Waals surface area contributed by atoms with Gasteiger partial charge in [-0.1, -0.05) is 75.7 Å². The van der Waals surface area contributed by atoms with Crippen molar-refractivity contribution in [3.8, 4) is 0 Å². The molecule has 0 fully saturated rings. The summed E-state index contributed by atoms with van der Waals surface area (Å²) in [4.78, 5) is 0. The van der Waals surface area contributed by atoms with Gasteiger partial charge in [0.1, 0.15) is 0 Å². The Bertz CT molecular complexity index is 105. The zero-order valence-corrected chi connectivity index (χ0v) is 13.7. The first kappa shape index (κ1) is 21.3. The van der Waals surface area contributed by atoms with Crippen LogP contribution in [0.3, 0.4) is 0 Å². The summed E-state index contributed by atoms with van der Waals surface area (Å²) in [5.41, 5.74) is 0. The lowest BCUT2D eigenvalue weighted by Crippen LogP contribution is -2.17. The van der Waals surface area contributed by atoms with Gasteiger partial charge < -0.3 is 0 Å². The summed E-state index contributed by atoms with van der Waals surface area (Å²) < 4.78 is 0. The second kappa shape index (κ2) is 15.0. The van der Waals surface area contributed by atoms with E-state index in [1.165, 1.54) is 12.8 Å². The molecule has 3 unspecified atom stereocenters. The number of hydrogen-bond donors (Lipinski definition) is 0. The molecule has 0 nitrogen and oxygen atoms in total. The lowest BCUT2D eigenvalue weighted by atomic mass is 9.80. The smallest absolute Gasteiger partial charge is 0.0391 e. The number of rotatable bonds is 5. The van der Waals surface area contributed by atoms with Gasteiger partial charge in [0, 0.05) is 0 Å². The summed E-state index contributed by atoms with van der Waals surface area (Å²) in [5.74, 6) is 3.52. The molecule has 0 saturated heterocycles. The van der Waals surface area contributed by atoms with Gasteiger partial charge >= 0.3 is 0 Å². The van der Waals surface area contributed by atoms with Gasteiger partial charge in [-0.15, -0.1) is 0 Å². The van der Waals surface area contributed by atoms with Crippen LogP contribution in [0.5, 0.6) is 0 Å². The van der Waals surface area contributed by atoms with Gasteiger partial charge in [-0.05, 0) is 30.1 Å². The predicted octanol–water partition coefficient (Wildman–Crippen LogP) is 6.40. The molecule has 0 N–H and O–H groups in total. The van der Waals surface area contributed by atoms with Crippen LogP contribution >= 0.6 is 0 Å². The van der Waals surface area contributed by atoms with Crippen LogP contribution in [0.1, 0.15) is 82.1 Å². The maximum absolute atomic E-state index is 2.40. The Balaban J connectivity index is -0.000000376. The highest BCUT2D eigenvalue weighted by molar-refractivity contribution is 4.68. The maximum Gasteiger partial charge on any atom is -0.0391 e. The average Bonchev–Trinajstić information content (AvgIpc) is 2.31. The van der Waals surface area contributed by atoms with Gasteiger partial charge in [0.05, 0.1) is 0 Å². The normalized spacial score (nSPS) is 15.2. The maximum atomic E-state index is 2.40. The van der Waals surface area contributed by atoms with E-state index < -0.39 is 0 Å². The van der Waals surface area contributed by atoms with Gasteiger partial charge in [0.2, 0.25) is 0 Å². The monoisotopic (exact) mass is 230 g/mol. The molecule has 0 heterocycles. The van der Waals surface area contributed by atoms with Crippen LogP contribution in [-0.2, 0) is 0 Å². The molecule has 0 heteroatoms. The highest BCUT2D eigenvalue weighted by Crippen LogP contribution is 2.27. The van der Waals surface area contributed by atoms with Crippen LogP contribution in [-0.4, -0.2) is 0 Å². The van der Waals surface area contributed by atoms with Crippen molar-refractivity contribution < 1.29 is 0 Å². The Morgan fingerprint density at radius 1 is 0.688 bits per heavy atom. The standard InChI is InChI=1S/C12H26.2C2H6/c1-7-10(4)12(6)11(5)8-9(2)3;2*1-2/h9-12H,7-8H2,1-6H3;2*1-2H3. The minimum atomic E-state index is 0.853. The highest BCUT2D eigenvalue weighted by atomic mass is 14.2. The first-order valence-electron chi connectivity index (χ1n) is 7.49. The molecule has 0 spiro atoms. The second-order valence-electron chi connectivity index (χ2n) is 4.85. The van der Waals surface area contributed by atoms with Gasteiger partial charge in [0.15, 0.2) is 0 Å². The van der Waals surface area contributed by atoms with E-state index in [2.05, 4.69) is 41.5 Å². The molecule has 0 amide bonds. The van der Waals surface area contributed by atoms with E-state index in [9.17, 15) is 0 Å². The van der Waals surface area contributed by atoms with Crippen molar-refractivity contribution in [2.24, 2.45) is 23.7 Å². The van der Waals surface area contributed by atoms with Crippen molar-refractivity contribution in [3.63, 3.8) is 0 Å². The van der Waals surface area contributed by atoms with Crippen molar-refractivity contribution >= 4 is 0 Å². The van der Waals surface area contributed by atoms with Crippen LogP contribution < -0.4 is 0 Å². The molecule has 0 aliphatic heterocycles. The lowest BCUT2D eigenvalue weighted by Gasteiger charge is -2.26. The third-order valence-corrected chi connectivity index (χ3v) is 3.28. The molecule has 0 aromatic heterocycles. The van der Waals surface area contributed by atoms with Crippen LogP contribution in [0.4, 0.5) is 0 Å². The summed E-state index contributed by atoms with van der Waals surface area (Å²) in [6.45, 7) is 22.1. The topological polar surface area (TPSA) is 0 Å². The van der Waals surface area contributed by atoms with Crippen LogP contribution in [0, 0.1) is 23.7 Å². The van der Waals surface area contributed by atoms with Crippen molar-refractivity contribution in [1.82, 2.24) is 0 Å². The van der Waals surface area contributed by atoms with Crippen LogP contribution in [0.25, 0.3) is 0 Å². The summed E-state index contributed by atoms with van der Waals surface area (Å²) in [5, 5.41) is 0. The first-order chi connectivity index (χ1) is 7.49. The predicted molar refractivity (Wildman–Crippen MR) is 79.9 cm³/mol. The highest BCUT2D eigenvalue weighted by Gasteiger charge is 2.18. The molecule has 0 aliphatic carbocycles. The largest absolute Gasteiger partial charge is 0.0683 e. The molecule has 102 valence electrons. The summed E-state index contributed by atoms with van der Waals surface area (Å²) in [6.07, 6.45) is 2.70. The molecule has 0 rings (SSSR count). The second-order valence-corrected chi connectivity index (χ2v) is 4.85. The van der Waals surface area contributed by atoms with Crippen LogP contribution in [0.15, 0.2) is 0 Å². The zero-order valence-electron chi connectivity index (χ0n) is 13.7. The van der Waals surface area contributed by atoms with E-state index in [1.54, 1.807) is 0 Å². The first-order valence-corrected chi connectivity index (χ1v) is 7.49. The molecule has 0 aromatic carbocycles. The Labute approximate surface area is 106 Å². The van der Waals surface area contributed by atoms with Crippen molar-refractivity contribution in [2.45, 2.75) is 82.1 Å². The Morgan fingerprint density at radius 2 is 1.06 bits per heavy atom. The Morgan fingerprint density at radius 3 is 1.31 bits per heavy atom. The van der Waals surface area contributed by atoms with E-state index in [4.69, 9.17) is 0 Å². The average molecular weight is 230 g/mol. The Kier molecular flexibility index (Phi) is 20.0. The van der Waals surface area contributed by atoms with Crippen molar-refractivity contribution in [1.29, 1.82) is 0 Å². The molecule has 0 bridgehead atoms. The van der Waals surface area contributed by atoms with Crippen LogP contribution in [0.2, 0.25) is 0 Å². The number of hydrogen-bond acceptors (Lipinski definition) is 0. The van der Waals surface area contributed by atoms with E-state index >= 15 is 0 Å². The summed E-state index contributed by atoms with van der Waals surface area (Å²) in [7, 11) is 0. The van der Waals surface area contributed by atoms with E-state index in [0.717, 1.165) is 23.7 Å². The van der Waals surface area contributed by atoms with Crippen molar-refractivity contribution in [2.75, 3.05) is 0 Å². The molecule has 0 saturated carbocycles. The molecule has 0 aliphatic rings. The minimum Gasteiger partial charge on any atom is -0.0683 e. The van der Waals surface area contributed by atoms with Gasteiger partial charge in [-0.2, -0.15) is 0 Å². The quantitative estimate of drug-likeness (QED) is 0.512. The minimum absolute atomic E-state index is 0.853. The summed E-state index contributed by atoms with van der Waals surface area (Å²) in [6, 6.07) is 0. The fraction of sp³-hybridized carbons (Fsp3) is 1.00. The van der Waals surface area contributed by atoms with Gasteiger partial charge in [0.25, 0.3) is 0 Å². The SMILES string of the molecule is CC.CC.CCC(C)C(C)C(C)CC(C)C. The lowest BCUT2D eigenvalue weighted by molar-refractivity contribution is 0.240. The molecule has 0 radical (unpaired) electrons. The fourth-order valence-corrected chi connectivity index (χ4v) is 1.89. The fourth-order valence-electron chi connectivity index (χ4n) is 1.89. The molecular weight excluding hydrogens is 192 g/mol. The molecule has 0 aromatic rings. The Hall–Kier alpha value is 0.